The topological polar surface area (TPSA) is 97.2 Å². The summed E-state index contributed by atoms with van der Waals surface area (Å²) in [4.78, 5) is 17.5. The number of aryl methyl sites for hydroxylation is 1. The number of nitrogens with one attached hydrogen (secondary N) is 1. The molecular formula is C27H22FN5O3S2. The first kappa shape index (κ1) is 24.4. The number of amides is 1. The van der Waals surface area contributed by atoms with Crippen molar-refractivity contribution in [3.63, 3.8) is 0 Å². The lowest BCUT2D eigenvalue weighted by atomic mass is 10.0. The molecule has 38 heavy (non-hydrogen) atoms. The number of halogens is 1. The predicted molar refractivity (Wildman–Crippen MR) is 144 cm³/mol. The number of anilines is 1. The first-order chi connectivity index (χ1) is 18.3. The molecule has 2 aromatic heterocycles. The number of carbonyl (C=O) groups is 1. The second-order valence-corrected chi connectivity index (χ2v) is 11.9. The smallest absolute Gasteiger partial charge is 0.256 e. The van der Waals surface area contributed by atoms with E-state index in [-0.39, 0.29) is 16.0 Å². The van der Waals surface area contributed by atoms with Crippen LogP contribution in [0.3, 0.4) is 0 Å². The summed E-state index contributed by atoms with van der Waals surface area (Å²) in [5.74, 6) is -0.492. The average Bonchev–Trinajstić information content (AvgIpc) is 3.52. The lowest BCUT2D eigenvalue weighted by molar-refractivity contribution is 0.102. The third kappa shape index (κ3) is 4.38. The minimum atomic E-state index is -3.71. The molecule has 0 spiro atoms. The largest absolute Gasteiger partial charge is 0.306 e. The van der Waals surface area contributed by atoms with Crippen LogP contribution in [0.15, 0.2) is 77.7 Å². The van der Waals surface area contributed by atoms with Crippen LogP contribution >= 0.6 is 11.3 Å². The highest BCUT2D eigenvalue weighted by Crippen LogP contribution is 2.29. The molecule has 0 saturated heterocycles. The van der Waals surface area contributed by atoms with Gasteiger partial charge in [-0.15, -0.1) is 0 Å². The van der Waals surface area contributed by atoms with Crippen LogP contribution in [-0.4, -0.2) is 39.9 Å². The first-order valence-corrected chi connectivity index (χ1v) is 14.2. The fourth-order valence-corrected chi connectivity index (χ4v) is 6.88. The maximum atomic E-state index is 14.2. The summed E-state index contributed by atoms with van der Waals surface area (Å²) < 4.78 is 44.3. The van der Waals surface area contributed by atoms with E-state index in [2.05, 4.69) is 15.4 Å². The number of nitrogens with zero attached hydrogens (tertiary/aromatic N) is 4. The number of rotatable bonds is 5. The summed E-state index contributed by atoms with van der Waals surface area (Å²) in [6.07, 6.45) is 0.657. The van der Waals surface area contributed by atoms with Gasteiger partial charge in [-0.1, -0.05) is 41.7 Å². The SMILES string of the molecule is Cc1cc(NC(=O)c2ccc(S(=O)(=O)N3CCc4ccccc4C3)cc2)n(-c2nc3c(F)cccc3s2)n1. The van der Waals surface area contributed by atoms with Gasteiger partial charge >= 0.3 is 0 Å². The zero-order valence-corrected chi connectivity index (χ0v) is 21.9. The number of benzene rings is 3. The van der Waals surface area contributed by atoms with Gasteiger partial charge < -0.3 is 5.32 Å². The van der Waals surface area contributed by atoms with Gasteiger partial charge in [0, 0.05) is 24.7 Å². The molecule has 8 nitrogen and oxygen atoms in total. The van der Waals surface area contributed by atoms with Gasteiger partial charge in [0.2, 0.25) is 15.2 Å². The van der Waals surface area contributed by atoms with Crippen LogP contribution < -0.4 is 5.32 Å². The Bertz CT molecular complexity index is 1800. The molecule has 1 aliphatic heterocycles. The van der Waals surface area contributed by atoms with Gasteiger partial charge in [0.05, 0.1) is 15.3 Å². The van der Waals surface area contributed by atoms with Crippen LogP contribution in [0.25, 0.3) is 15.3 Å². The molecule has 3 aromatic carbocycles. The van der Waals surface area contributed by atoms with E-state index < -0.39 is 21.7 Å². The van der Waals surface area contributed by atoms with Crippen molar-refractivity contribution in [2.45, 2.75) is 24.8 Å². The van der Waals surface area contributed by atoms with Crippen LogP contribution in [0.4, 0.5) is 10.2 Å². The minimum Gasteiger partial charge on any atom is -0.306 e. The molecule has 0 saturated carbocycles. The number of hydrogen-bond donors (Lipinski definition) is 1. The Morgan fingerprint density at radius 2 is 1.79 bits per heavy atom. The number of sulfonamides is 1. The molecule has 5 aromatic rings. The van der Waals surface area contributed by atoms with Crippen molar-refractivity contribution in [3.8, 4) is 5.13 Å². The zero-order chi connectivity index (χ0) is 26.4. The Kier molecular flexibility index (Phi) is 6.05. The van der Waals surface area contributed by atoms with E-state index in [0.717, 1.165) is 11.1 Å². The molecule has 11 heteroatoms. The lowest BCUT2D eigenvalue weighted by Crippen LogP contribution is -2.35. The normalized spacial score (nSPS) is 13.9. The molecule has 3 heterocycles. The summed E-state index contributed by atoms with van der Waals surface area (Å²) in [6.45, 7) is 2.50. The van der Waals surface area contributed by atoms with E-state index in [1.54, 1.807) is 25.1 Å². The summed E-state index contributed by atoms with van der Waals surface area (Å²) in [7, 11) is -3.71. The quantitative estimate of drug-likeness (QED) is 0.337. The Hall–Kier alpha value is -3.93. The molecule has 6 rings (SSSR count). The number of aromatic nitrogens is 3. The summed E-state index contributed by atoms with van der Waals surface area (Å²) in [5, 5.41) is 7.64. The molecule has 1 N–H and O–H groups in total. The van der Waals surface area contributed by atoms with Gasteiger partial charge in [-0.05, 0) is 60.9 Å². The van der Waals surface area contributed by atoms with E-state index >= 15 is 0 Å². The number of carbonyl (C=O) groups excluding carboxylic acids is 1. The van der Waals surface area contributed by atoms with Crippen molar-refractivity contribution in [2.24, 2.45) is 0 Å². The van der Waals surface area contributed by atoms with Crippen molar-refractivity contribution < 1.29 is 17.6 Å². The van der Waals surface area contributed by atoms with Gasteiger partial charge in [0.1, 0.15) is 17.2 Å². The highest BCUT2D eigenvalue weighted by molar-refractivity contribution is 7.89. The maximum Gasteiger partial charge on any atom is 0.256 e. The van der Waals surface area contributed by atoms with Gasteiger partial charge in [-0.25, -0.2) is 17.8 Å². The standard InChI is InChI=1S/C27H22FN5O3S2/c1-17-15-24(33(31-17)27-30-25-22(28)7-4-8-23(25)37-27)29-26(34)19-9-11-21(12-10-19)38(35,36)32-14-13-18-5-2-3-6-20(18)16-32/h2-12,15H,13-14,16H2,1H3,(H,29,34). The molecule has 192 valence electrons. The van der Waals surface area contributed by atoms with Gasteiger partial charge in [0.25, 0.3) is 5.91 Å². The summed E-state index contributed by atoms with van der Waals surface area (Å²) in [6, 6.07) is 20.1. The highest BCUT2D eigenvalue weighted by Gasteiger charge is 2.28. The molecule has 0 atom stereocenters. The predicted octanol–water partition coefficient (Wildman–Crippen LogP) is 4.93. The van der Waals surface area contributed by atoms with Crippen molar-refractivity contribution in [3.05, 3.63) is 101 Å². The van der Waals surface area contributed by atoms with E-state index in [9.17, 15) is 17.6 Å². The zero-order valence-electron chi connectivity index (χ0n) is 20.3. The van der Waals surface area contributed by atoms with Crippen LogP contribution in [0.1, 0.15) is 27.2 Å². The monoisotopic (exact) mass is 547 g/mol. The van der Waals surface area contributed by atoms with Crippen LogP contribution in [0.2, 0.25) is 0 Å². The molecule has 0 radical (unpaired) electrons. The Morgan fingerprint density at radius 3 is 2.55 bits per heavy atom. The number of hydrogen-bond acceptors (Lipinski definition) is 6. The molecule has 1 amide bonds. The van der Waals surface area contributed by atoms with Gasteiger partial charge in [-0.2, -0.15) is 14.1 Å². The molecule has 0 bridgehead atoms. The van der Waals surface area contributed by atoms with Crippen molar-refractivity contribution in [2.75, 3.05) is 11.9 Å². The Balaban J connectivity index is 1.22. The third-order valence-electron chi connectivity index (χ3n) is 6.46. The van der Waals surface area contributed by atoms with E-state index in [1.165, 1.54) is 50.7 Å². The third-order valence-corrected chi connectivity index (χ3v) is 9.32. The first-order valence-electron chi connectivity index (χ1n) is 11.9. The molecule has 0 unspecified atom stereocenters. The number of fused-ring (bicyclic) bond motifs is 2. The number of thiazole rings is 1. The fourth-order valence-electron chi connectivity index (χ4n) is 4.52. The van der Waals surface area contributed by atoms with Crippen molar-refractivity contribution >= 4 is 43.3 Å². The van der Waals surface area contributed by atoms with Crippen LogP contribution in [-0.2, 0) is 23.0 Å². The molecule has 1 aliphatic rings. The second-order valence-electron chi connectivity index (χ2n) is 9.00. The van der Waals surface area contributed by atoms with E-state index in [4.69, 9.17) is 0 Å². The fraction of sp³-hybridized carbons (Fsp3) is 0.148. The molecule has 0 aliphatic carbocycles. The lowest BCUT2D eigenvalue weighted by Gasteiger charge is -2.28. The van der Waals surface area contributed by atoms with E-state index in [0.29, 0.717) is 40.9 Å². The Labute approximate surface area is 222 Å². The minimum absolute atomic E-state index is 0.130. The van der Waals surface area contributed by atoms with Crippen molar-refractivity contribution in [1.82, 2.24) is 19.1 Å². The second kappa shape index (κ2) is 9.43. The summed E-state index contributed by atoms with van der Waals surface area (Å²) >= 11 is 1.26. The van der Waals surface area contributed by atoms with Crippen molar-refractivity contribution in [1.29, 1.82) is 0 Å². The van der Waals surface area contributed by atoms with Gasteiger partial charge in [-0.3, -0.25) is 4.79 Å². The average molecular weight is 548 g/mol. The number of para-hydroxylation sites is 1. The van der Waals surface area contributed by atoms with E-state index in [1.807, 2.05) is 24.3 Å². The maximum absolute atomic E-state index is 14.2. The molecule has 0 fully saturated rings. The van der Waals surface area contributed by atoms with Gasteiger partial charge in [0.15, 0.2) is 0 Å². The molecular weight excluding hydrogens is 525 g/mol. The summed E-state index contributed by atoms with van der Waals surface area (Å²) in [5.41, 5.74) is 3.34. The van der Waals surface area contributed by atoms with Crippen LogP contribution in [0, 0.1) is 12.7 Å². The van der Waals surface area contributed by atoms with Crippen LogP contribution in [0.5, 0.6) is 0 Å². The Morgan fingerprint density at radius 1 is 1.03 bits per heavy atom. The highest BCUT2D eigenvalue weighted by atomic mass is 32.2.